The van der Waals surface area contributed by atoms with E-state index in [9.17, 15) is 38.4 Å². The molecule has 0 heterocycles. The molecule has 3 aromatic carbocycles. The third kappa shape index (κ3) is 19.5. The molecule has 0 radical (unpaired) electrons. The minimum Gasteiger partial charge on any atom is -0.469 e. The van der Waals surface area contributed by atoms with Gasteiger partial charge in [-0.2, -0.15) is 0 Å². The Bertz CT molecular complexity index is 1870. The predicted molar refractivity (Wildman–Crippen MR) is 237 cm³/mol. The molecular weight excluding hydrogens is 831 g/mol. The van der Waals surface area contributed by atoms with Crippen molar-refractivity contribution >= 4 is 69.1 Å². The van der Waals surface area contributed by atoms with Gasteiger partial charge in [-0.25, -0.2) is 0 Å². The minimum atomic E-state index is -0.826. The molecule has 0 saturated carbocycles. The molecular formula is C45H63N7O12. The molecule has 19 nitrogen and oxygen atoms in total. The van der Waals surface area contributed by atoms with E-state index in [-0.39, 0.29) is 96.2 Å². The average Bonchev–Trinajstić information content (AvgIpc) is 3.31. The second kappa shape index (κ2) is 29.2. The largest absolute Gasteiger partial charge is 0.469 e. The summed E-state index contributed by atoms with van der Waals surface area (Å²) in [4.78, 5) is 104. The third-order valence-electron chi connectivity index (χ3n) is 10.5. The van der Waals surface area contributed by atoms with Gasteiger partial charge in [-0.15, -0.1) is 0 Å². The Kier molecular flexibility index (Phi) is 23.8. The number of methoxy groups -OCH3 is 4. The zero-order valence-electron chi connectivity index (χ0n) is 37.4. The van der Waals surface area contributed by atoms with Gasteiger partial charge in [-0.05, 0) is 33.2 Å². The van der Waals surface area contributed by atoms with E-state index >= 15 is 0 Å². The lowest BCUT2D eigenvalue weighted by Crippen LogP contribution is -2.44. The van der Waals surface area contributed by atoms with Crippen LogP contribution in [0, 0.1) is 0 Å². The lowest BCUT2D eigenvalue weighted by molar-refractivity contribution is -0.142. The Labute approximate surface area is 373 Å². The number of benzene rings is 3. The van der Waals surface area contributed by atoms with Crippen LogP contribution < -0.4 is 21.3 Å². The van der Waals surface area contributed by atoms with Crippen LogP contribution in [0.1, 0.15) is 44.1 Å². The molecule has 3 aromatic rings. The van der Waals surface area contributed by atoms with E-state index in [1.54, 1.807) is 0 Å². The molecule has 0 aliphatic heterocycles. The zero-order chi connectivity index (χ0) is 46.7. The van der Waals surface area contributed by atoms with Crippen LogP contribution in [0.25, 0.3) is 21.5 Å². The second-order valence-electron chi connectivity index (χ2n) is 14.8. The van der Waals surface area contributed by atoms with Crippen LogP contribution in [0.15, 0.2) is 54.6 Å². The molecule has 0 bridgehead atoms. The quantitative estimate of drug-likeness (QED) is 0.0328. The maximum absolute atomic E-state index is 13.0. The first-order chi connectivity index (χ1) is 30.9. The van der Waals surface area contributed by atoms with Crippen molar-refractivity contribution in [3.63, 3.8) is 0 Å². The van der Waals surface area contributed by atoms with Gasteiger partial charge < -0.3 is 54.9 Å². The molecule has 3 rings (SSSR count). The molecule has 350 valence electrons. The van der Waals surface area contributed by atoms with Crippen LogP contribution in [-0.4, -0.2) is 169 Å². The van der Waals surface area contributed by atoms with Gasteiger partial charge in [-0.3, -0.25) is 38.4 Å². The van der Waals surface area contributed by atoms with E-state index < -0.39 is 35.7 Å². The fraction of sp³-hybridized carbons (Fsp3) is 0.511. The number of carbonyl (C=O) groups excluding carboxylic acids is 8. The number of nitrogens with zero attached hydrogens (tertiary/aromatic N) is 3. The van der Waals surface area contributed by atoms with Crippen LogP contribution in [-0.2, 0) is 63.8 Å². The van der Waals surface area contributed by atoms with Crippen molar-refractivity contribution in [2.24, 2.45) is 0 Å². The zero-order valence-corrected chi connectivity index (χ0v) is 37.4. The van der Waals surface area contributed by atoms with Gasteiger partial charge in [0.15, 0.2) is 0 Å². The van der Waals surface area contributed by atoms with Gasteiger partial charge in [0.1, 0.15) is 0 Å². The average molecular weight is 894 g/mol. The summed E-state index contributed by atoms with van der Waals surface area (Å²) in [5.41, 5.74) is 0.891. The summed E-state index contributed by atoms with van der Waals surface area (Å²) in [7, 11) is 5.17. The first kappa shape index (κ1) is 52.2. The van der Waals surface area contributed by atoms with Crippen LogP contribution in [0.3, 0.4) is 0 Å². The summed E-state index contributed by atoms with van der Waals surface area (Å²) in [6.45, 7) is 3.30. The number of esters is 4. The highest BCUT2D eigenvalue weighted by atomic mass is 16.5. The number of rotatable bonds is 29. The number of hydrogen-bond donors (Lipinski definition) is 4. The van der Waals surface area contributed by atoms with E-state index in [2.05, 4.69) is 27.3 Å². The number of amides is 4. The Hall–Kier alpha value is -6.18. The highest BCUT2D eigenvalue weighted by Crippen LogP contribution is 2.28. The summed E-state index contributed by atoms with van der Waals surface area (Å²) < 4.78 is 18.9. The van der Waals surface area contributed by atoms with Gasteiger partial charge in [0, 0.05) is 97.9 Å². The first-order valence-corrected chi connectivity index (χ1v) is 21.3. The van der Waals surface area contributed by atoms with E-state index in [1.165, 1.54) is 28.4 Å². The molecule has 0 aliphatic rings. The number of fused-ring (bicyclic) bond motifs is 2. The first-order valence-electron chi connectivity index (χ1n) is 21.3. The van der Waals surface area contributed by atoms with Crippen LogP contribution >= 0.6 is 0 Å². The SMILES string of the molecule is COC(=O)CCN(CCNC(=O)CCN(CCNC(=O)C(=O)NCc1c2ccccc2cc2ccccc12)CCC(=O)NCCN(CCC(=O)OC)CCC(=O)OC)CCC(=O)OC. The molecule has 0 atom stereocenters. The fourth-order valence-electron chi connectivity index (χ4n) is 6.77. The highest BCUT2D eigenvalue weighted by Gasteiger charge is 2.18. The fourth-order valence-corrected chi connectivity index (χ4v) is 6.77. The Morgan fingerprint density at radius 2 is 0.750 bits per heavy atom. The van der Waals surface area contributed by atoms with Gasteiger partial charge in [0.25, 0.3) is 0 Å². The summed E-state index contributed by atoms with van der Waals surface area (Å²) in [6.07, 6.45) is 0.532. The van der Waals surface area contributed by atoms with Crippen LogP contribution in [0.5, 0.6) is 0 Å². The van der Waals surface area contributed by atoms with Crippen molar-refractivity contribution in [2.45, 2.75) is 45.1 Å². The summed E-state index contributed by atoms with van der Waals surface area (Å²) in [6, 6.07) is 17.8. The Morgan fingerprint density at radius 1 is 0.422 bits per heavy atom. The molecule has 4 amide bonds. The highest BCUT2D eigenvalue weighted by molar-refractivity contribution is 6.35. The van der Waals surface area contributed by atoms with Gasteiger partial charge >= 0.3 is 35.7 Å². The number of hydrogen-bond acceptors (Lipinski definition) is 15. The monoisotopic (exact) mass is 893 g/mol. The maximum Gasteiger partial charge on any atom is 0.309 e. The second-order valence-corrected chi connectivity index (χ2v) is 14.8. The summed E-state index contributed by atoms with van der Waals surface area (Å²) in [5.74, 6) is -3.80. The van der Waals surface area contributed by atoms with Crippen LogP contribution in [0.2, 0.25) is 0 Å². The van der Waals surface area contributed by atoms with Crippen molar-refractivity contribution in [1.29, 1.82) is 0 Å². The number of ether oxygens (including phenoxy) is 4. The maximum atomic E-state index is 13.0. The smallest absolute Gasteiger partial charge is 0.309 e. The summed E-state index contributed by atoms with van der Waals surface area (Å²) in [5, 5.41) is 15.1. The number of nitrogens with one attached hydrogen (secondary N) is 4. The van der Waals surface area contributed by atoms with Crippen molar-refractivity contribution in [3.8, 4) is 0 Å². The molecule has 0 fully saturated rings. The Morgan fingerprint density at radius 3 is 1.12 bits per heavy atom. The van der Waals surface area contributed by atoms with E-state index in [4.69, 9.17) is 18.9 Å². The Balaban J connectivity index is 1.57. The lowest BCUT2D eigenvalue weighted by Gasteiger charge is -2.23. The topological polar surface area (TPSA) is 231 Å². The molecule has 19 heteroatoms. The van der Waals surface area contributed by atoms with E-state index in [0.29, 0.717) is 39.3 Å². The van der Waals surface area contributed by atoms with Crippen molar-refractivity contribution in [1.82, 2.24) is 36.0 Å². The molecule has 0 aromatic heterocycles. The van der Waals surface area contributed by atoms with Crippen molar-refractivity contribution in [2.75, 3.05) is 107 Å². The van der Waals surface area contributed by atoms with E-state index in [1.807, 2.05) is 63.2 Å². The van der Waals surface area contributed by atoms with Gasteiger partial charge in [0.2, 0.25) is 11.8 Å². The van der Waals surface area contributed by atoms with Crippen LogP contribution in [0.4, 0.5) is 0 Å². The molecule has 0 saturated heterocycles. The molecule has 4 N–H and O–H groups in total. The van der Waals surface area contributed by atoms with Crippen molar-refractivity contribution in [3.05, 3.63) is 60.2 Å². The molecule has 0 aliphatic carbocycles. The standard InChI is InChI=1S/C45H63N7O12/c1-61-40(55)15-24-51(25-16-41(56)62-2)28-19-46-38(53)13-22-50(23-14-39(54)47-20-29-52(26-17-42(57)63-3)27-18-43(58)64-4)30-21-48-44(59)45(60)49-32-37-35-11-7-5-9-33(35)31-34-10-6-8-12-36(34)37/h5-12,31H,13-30,32H2,1-4H3,(H,46,53)(H,47,54)(H,48,59)(H,49,60). The van der Waals surface area contributed by atoms with Gasteiger partial charge in [-0.1, -0.05) is 48.5 Å². The predicted octanol–water partition coefficient (Wildman–Crippen LogP) is 0.896. The molecule has 64 heavy (non-hydrogen) atoms. The van der Waals surface area contributed by atoms with Gasteiger partial charge in [0.05, 0.1) is 54.1 Å². The lowest BCUT2D eigenvalue weighted by atomic mass is 9.97. The normalized spacial score (nSPS) is 11.0. The number of carbonyl (C=O) groups is 8. The van der Waals surface area contributed by atoms with Crippen molar-refractivity contribution < 1.29 is 57.3 Å². The minimum absolute atomic E-state index is 0.0503. The molecule has 0 unspecified atom stereocenters. The third-order valence-corrected chi connectivity index (χ3v) is 10.5. The van der Waals surface area contributed by atoms with E-state index in [0.717, 1.165) is 27.1 Å². The summed E-state index contributed by atoms with van der Waals surface area (Å²) >= 11 is 0. The molecule has 0 spiro atoms.